The van der Waals surface area contributed by atoms with Gasteiger partial charge in [-0.3, -0.25) is 14.4 Å². The highest BCUT2D eigenvalue weighted by molar-refractivity contribution is 5.75. The number of carbonyl (C=O) groups is 1. The molecule has 2 aliphatic rings. The van der Waals surface area contributed by atoms with Crippen LogP contribution in [0.3, 0.4) is 0 Å². The summed E-state index contributed by atoms with van der Waals surface area (Å²) < 4.78 is 7.71. The van der Waals surface area contributed by atoms with E-state index in [1.165, 1.54) is 12.0 Å². The van der Waals surface area contributed by atoms with Gasteiger partial charge in [-0.25, -0.2) is 0 Å². The zero-order chi connectivity index (χ0) is 18.7. The van der Waals surface area contributed by atoms with Crippen molar-refractivity contribution in [2.75, 3.05) is 27.2 Å². The summed E-state index contributed by atoms with van der Waals surface area (Å²) in [4.78, 5) is 17.0. The molecule has 146 valence electrons. The highest BCUT2D eigenvalue weighted by Crippen LogP contribution is 2.35. The third kappa shape index (κ3) is 4.65. The largest absolute Gasteiger partial charge is 0.375 e. The molecule has 3 heterocycles. The Bertz CT molecular complexity index is 602. The van der Waals surface area contributed by atoms with Crippen LogP contribution in [-0.4, -0.2) is 64.9 Å². The van der Waals surface area contributed by atoms with Crippen molar-refractivity contribution in [1.29, 1.82) is 0 Å². The van der Waals surface area contributed by atoms with Gasteiger partial charge in [-0.05, 0) is 58.5 Å². The van der Waals surface area contributed by atoms with Crippen LogP contribution in [0.1, 0.15) is 57.1 Å². The van der Waals surface area contributed by atoms with E-state index in [4.69, 9.17) is 4.74 Å². The van der Waals surface area contributed by atoms with Crippen LogP contribution in [0.2, 0.25) is 0 Å². The molecule has 2 aliphatic heterocycles. The summed E-state index contributed by atoms with van der Waals surface area (Å²) in [6, 6.07) is 0.340. The van der Waals surface area contributed by atoms with Gasteiger partial charge in [0.2, 0.25) is 5.91 Å². The third-order valence-corrected chi connectivity index (χ3v) is 6.01. The van der Waals surface area contributed by atoms with Crippen molar-refractivity contribution in [2.45, 2.75) is 63.7 Å². The zero-order valence-electron chi connectivity index (χ0n) is 16.7. The van der Waals surface area contributed by atoms with Crippen molar-refractivity contribution in [3.63, 3.8) is 0 Å². The molecule has 0 unspecified atom stereocenters. The van der Waals surface area contributed by atoms with Gasteiger partial charge in [0.25, 0.3) is 0 Å². The van der Waals surface area contributed by atoms with Crippen molar-refractivity contribution in [1.82, 2.24) is 19.6 Å². The van der Waals surface area contributed by atoms with E-state index >= 15 is 0 Å². The fraction of sp³-hybridized carbons (Fsp3) is 0.800. The molecule has 2 fully saturated rings. The SMILES string of the molecule is C[C@@H]1CC[C@@H](CCC(=O)N(C)C[C@@H]2CCCN(C)[C@H]2c2cnn(C)c2)O1. The molecule has 0 saturated carbocycles. The number of amides is 1. The minimum Gasteiger partial charge on any atom is -0.375 e. The fourth-order valence-electron chi connectivity index (χ4n) is 4.60. The van der Waals surface area contributed by atoms with E-state index < -0.39 is 0 Å². The molecule has 2 saturated heterocycles. The molecule has 0 radical (unpaired) electrons. The zero-order valence-corrected chi connectivity index (χ0v) is 16.7. The Labute approximate surface area is 157 Å². The summed E-state index contributed by atoms with van der Waals surface area (Å²) in [6.07, 6.45) is 10.7. The van der Waals surface area contributed by atoms with E-state index in [2.05, 4.69) is 30.2 Å². The minimum atomic E-state index is 0.242. The number of aryl methyl sites for hydroxylation is 1. The average Bonchev–Trinajstić information content (AvgIpc) is 3.21. The van der Waals surface area contributed by atoms with Gasteiger partial charge in [-0.15, -0.1) is 0 Å². The highest BCUT2D eigenvalue weighted by Gasteiger charge is 2.33. The standard InChI is InChI=1S/C20H34N4O2/c1-15-7-8-18(26-15)9-10-19(25)23(3)13-16-6-5-11-22(2)20(16)17-12-21-24(4)14-17/h12,14-16,18,20H,5-11,13H2,1-4H3/t15-,16+,18+,20-/m1/s1. The van der Waals surface area contributed by atoms with Crippen LogP contribution in [0.25, 0.3) is 0 Å². The summed E-state index contributed by atoms with van der Waals surface area (Å²) in [6.45, 7) is 4.03. The summed E-state index contributed by atoms with van der Waals surface area (Å²) in [5.41, 5.74) is 1.26. The molecule has 1 amide bonds. The summed E-state index contributed by atoms with van der Waals surface area (Å²) in [5.74, 6) is 0.695. The second kappa shape index (κ2) is 8.53. The second-order valence-electron chi connectivity index (χ2n) is 8.23. The lowest BCUT2D eigenvalue weighted by Crippen LogP contribution is -2.42. The Hall–Kier alpha value is -1.40. The molecular formula is C20H34N4O2. The third-order valence-electron chi connectivity index (χ3n) is 6.01. The number of hydrogen-bond acceptors (Lipinski definition) is 4. The Morgan fingerprint density at radius 1 is 1.35 bits per heavy atom. The molecule has 0 aromatic carbocycles. The number of likely N-dealkylation sites (tertiary alicyclic amines) is 1. The Morgan fingerprint density at radius 2 is 2.15 bits per heavy atom. The van der Waals surface area contributed by atoms with Crippen LogP contribution >= 0.6 is 0 Å². The number of rotatable bonds is 6. The first-order chi connectivity index (χ1) is 12.4. The first-order valence-corrected chi connectivity index (χ1v) is 10.0. The van der Waals surface area contributed by atoms with Crippen LogP contribution in [0, 0.1) is 5.92 Å². The molecule has 6 heteroatoms. The summed E-state index contributed by atoms with van der Waals surface area (Å²) in [5, 5.41) is 4.35. The number of hydrogen-bond donors (Lipinski definition) is 0. The van der Waals surface area contributed by atoms with Gasteiger partial charge >= 0.3 is 0 Å². The molecule has 3 rings (SSSR count). The first kappa shape index (κ1) is 19.4. The molecular weight excluding hydrogens is 328 g/mol. The number of aromatic nitrogens is 2. The minimum absolute atomic E-state index is 0.242. The highest BCUT2D eigenvalue weighted by atomic mass is 16.5. The molecule has 0 spiro atoms. The number of carbonyl (C=O) groups excluding carboxylic acids is 1. The van der Waals surface area contributed by atoms with Gasteiger partial charge < -0.3 is 9.64 Å². The van der Waals surface area contributed by atoms with E-state index in [0.29, 0.717) is 24.5 Å². The topological polar surface area (TPSA) is 50.6 Å². The van der Waals surface area contributed by atoms with E-state index in [9.17, 15) is 4.79 Å². The van der Waals surface area contributed by atoms with Gasteiger partial charge in [-0.2, -0.15) is 5.10 Å². The molecule has 26 heavy (non-hydrogen) atoms. The Balaban J connectivity index is 1.55. The monoisotopic (exact) mass is 362 g/mol. The number of nitrogens with zero attached hydrogens (tertiary/aromatic N) is 4. The molecule has 0 N–H and O–H groups in total. The molecule has 1 aromatic rings. The molecule has 0 bridgehead atoms. The maximum Gasteiger partial charge on any atom is 0.222 e. The average molecular weight is 363 g/mol. The summed E-state index contributed by atoms with van der Waals surface area (Å²) >= 11 is 0. The number of piperidine rings is 1. The van der Waals surface area contributed by atoms with Crippen molar-refractivity contribution < 1.29 is 9.53 Å². The molecule has 6 nitrogen and oxygen atoms in total. The summed E-state index contributed by atoms with van der Waals surface area (Å²) in [7, 11) is 6.10. The van der Waals surface area contributed by atoms with Crippen LogP contribution in [0.15, 0.2) is 12.4 Å². The first-order valence-electron chi connectivity index (χ1n) is 10.0. The fourth-order valence-corrected chi connectivity index (χ4v) is 4.60. The van der Waals surface area contributed by atoms with Crippen LogP contribution in [-0.2, 0) is 16.6 Å². The van der Waals surface area contributed by atoms with Gasteiger partial charge in [0.15, 0.2) is 0 Å². The number of ether oxygens (including phenoxy) is 1. The smallest absolute Gasteiger partial charge is 0.222 e. The van der Waals surface area contributed by atoms with Gasteiger partial charge in [-0.1, -0.05) is 0 Å². The quantitative estimate of drug-likeness (QED) is 0.781. The second-order valence-corrected chi connectivity index (χ2v) is 8.23. The van der Waals surface area contributed by atoms with E-state index in [1.807, 2.05) is 29.9 Å². The Kier molecular flexibility index (Phi) is 6.35. The van der Waals surface area contributed by atoms with Gasteiger partial charge in [0.1, 0.15) is 0 Å². The van der Waals surface area contributed by atoms with Crippen molar-refractivity contribution in [3.8, 4) is 0 Å². The molecule has 4 atom stereocenters. The normalized spacial score (nSPS) is 29.8. The van der Waals surface area contributed by atoms with E-state index in [-0.39, 0.29) is 12.0 Å². The lowest BCUT2D eigenvalue weighted by Gasteiger charge is -2.40. The van der Waals surface area contributed by atoms with Crippen LogP contribution < -0.4 is 0 Å². The molecule has 0 aliphatic carbocycles. The Morgan fingerprint density at radius 3 is 2.81 bits per heavy atom. The van der Waals surface area contributed by atoms with Crippen LogP contribution in [0.5, 0.6) is 0 Å². The predicted octanol–water partition coefficient (Wildman–Crippen LogP) is 2.61. The van der Waals surface area contributed by atoms with Crippen molar-refractivity contribution >= 4 is 5.91 Å². The van der Waals surface area contributed by atoms with Crippen LogP contribution in [0.4, 0.5) is 0 Å². The maximum absolute atomic E-state index is 12.6. The van der Waals surface area contributed by atoms with E-state index in [1.54, 1.807) is 0 Å². The lowest BCUT2D eigenvalue weighted by atomic mass is 9.85. The van der Waals surface area contributed by atoms with Gasteiger partial charge in [0.05, 0.1) is 18.4 Å². The van der Waals surface area contributed by atoms with Gasteiger partial charge in [0, 0.05) is 44.9 Å². The lowest BCUT2D eigenvalue weighted by molar-refractivity contribution is -0.131. The maximum atomic E-state index is 12.6. The molecule has 1 aromatic heterocycles. The van der Waals surface area contributed by atoms with Crippen molar-refractivity contribution in [3.05, 3.63) is 18.0 Å². The van der Waals surface area contributed by atoms with E-state index in [0.717, 1.165) is 38.8 Å². The predicted molar refractivity (Wildman–Crippen MR) is 102 cm³/mol. The van der Waals surface area contributed by atoms with Crippen molar-refractivity contribution in [2.24, 2.45) is 13.0 Å².